The van der Waals surface area contributed by atoms with Crippen LogP contribution in [0.1, 0.15) is 48.3 Å². The van der Waals surface area contributed by atoms with Crippen LogP contribution in [0.2, 0.25) is 45.4 Å². The van der Waals surface area contributed by atoms with E-state index in [4.69, 9.17) is 64.4 Å². The summed E-state index contributed by atoms with van der Waals surface area (Å²) in [6.45, 7) is 6.94. The molecule has 0 aliphatic carbocycles. The highest BCUT2D eigenvalue weighted by Crippen LogP contribution is 2.25. The molecule has 374 valence electrons. The van der Waals surface area contributed by atoms with Gasteiger partial charge in [-0.1, -0.05) is 142 Å². The molecule has 0 spiro atoms. The summed E-state index contributed by atoms with van der Waals surface area (Å²) in [4.78, 5) is 19.7. The van der Waals surface area contributed by atoms with Gasteiger partial charge in [0.05, 0.1) is 8.07 Å². The van der Waals surface area contributed by atoms with Crippen LogP contribution in [0.5, 0.6) is 0 Å². The molecule has 24 heteroatoms. The SMILES string of the molecule is C.C.C.C.C.C#Cc1ccc(Cl)nc1.C[Si](C)(C)Cn1nnc(-c2ccc(Cl)nc2)c1I.Clc1ccc(C#CI)cn1.Cn1nnc(-c2ccc(Cl)nc2)c1I.Cn1nnc(-c2ccc(Cl)nc2)c1I. The Morgan fingerprint density at radius 2 is 0.829 bits per heavy atom. The normalized spacial score (nSPS) is 9.50. The number of nitrogens with zero attached hydrogens (tertiary/aromatic N) is 14. The van der Waals surface area contributed by atoms with Crippen molar-refractivity contribution in [2.45, 2.75) is 62.9 Å². The van der Waals surface area contributed by atoms with Crippen molar-refractivity contribution in [1.29, 1.82) is 0 Å². The molecule has 0 amide bonds. The number of aryl methyl sites for hydroxylation is 2. The summed E-state index contributed by atoms with van der Waals surface area (Å²) in [5.74, 6) is 5.28. The topological polar surface area (TPSA) is 157 Å². The Hall–Kier alpha value is -3.12. The molecular formula is C46H53Cl5I4N14Si. The summed E-state index contributed by atoms with van der Waals surface area (Å²) in [6, 6.07) is 17.9. The van der Waals surface area contributed by atoms with Gasteiger partial charge in [-0.15, -0.1) is 21.7 Å². The first-order chi connectivity index (χ1) is 30.9. The van der Waals surface area contributed by atoms with Crippen LogP contribution in [-0.4, -0.2) is 78.0 Å². The highest BCUT2D eigenvalue weighted by molar-refractivity contribution is 14.1. The fourth-order valence-corrected chi connectivity index (χ4v) is 8.62. The van der Waals surface area contributed by atoms with Gasteiger partial charge in [-0.05, 0) is 132 Å². The summed E-state index contributed by atoms with van der Waals surface area (Å²) in [5, 5.41) is 26.8. The van der Waals surface area contributed by atoms with Gasteiger partial charge in [0.25, 0.3) is 0 Å². The van der Waals surface area contributed by atoms with Gasteiger partial charge >= 0.3 is 0 Å². The van der Waals surface area contributed by atoms with E-state index in [-0.39, 0.29) is 37.1 Å². The molecule has 0 N–H and O–H groups in total. The maximum atomic E-state index is 5.78. The van der Waals surface area contributed by atoms with Crippen molar-refractivity contribution in [3.8, 4) is 56.0 Å². The van der Waals surface area contributed by atoms with Crippen LogP contribution < -0.4 is 0 Å². The summed E-state index contributed by atoms with van der Waals surface area (Å²) < 4.78 is 11.2. The molecule has 8 rings (SSSR count). The summed E-state index contributed by atoms with van der Waals surface area (Å²) in [5.41, 5.74) is 6.97. The Morgan fingerprint density at radius 3 is 1.10 bits per heavy atom. The Morgan fingerprint density at radius 1 is 0.500 bits per heavy atom. The Kier molecular flexibility index (Phi) is 33.8. The second-order valence-electron chi connectivity index (χ2n) is 13.9. The summed E-state index contributed by atoms with van der Waals surface area (Å²) in [7, 11) is 2.49. The van der Waals surface area contributed by atoms with Gasteiger partial charge in [0, 0.05) is 102 Å². The molecule has 0 saturated heterocycles. The fourth-order valence-electron chi connectivity index (χ4n) is 4.59. The lowest BCUT2D eigenvalue weighted by atomic mass is 10.2. The number of hydrogen-bond acceptors (Lipinski definition) is 11. The van der Waals surface area contributed by atoms with E-state index < -0.39 is 8.07 Å². The molecule has 0 radical (unpaired) electrons. The van der Waals surface area contributed by atoms with Gasteiger partial charge in [0.1, 0.15) is 53.9 Å². The van der Waals surface area contributed by atoms with Crippen molar-refractivity contribution >= 4 is 156 Å². The molecule has 8 aromatic rings. The number of pyridine rings is 5. The van der Waals surface area contributed by atoms with E-state index in [1.165, 1.54) is 0 Å². The fraction of sp³-hybridized carbons (Fsp3) is 0.239. The first-order valence-corrected chi connectivity index (χ1v) is 28.2. The van der Waals surface area contributed by atoms with E-state index in [0.717, 1.165) is 62.2 Å². The van der Waals surface area contributed by atoms with Gasteiger partial charge in [-0.3, -0.25) is 0 Å². The third kappa shape index (κ3) is 22.7. The molecule has 0 aromatic carbocycles. The van der Waals surface area contributed by atoms with Crippen LogP contribution in [0.15, 0.2) is 91.6 Å². The number of rotatable bonds is 5. The van der Waals surface area contributed by atoms with Crippen LogP contribution in [0.3, 0.4) is 0 Å². The largest absolute Gasteiger partial charge is 0.244 e. The maximum Gasteiger partial charge on any atom is 0.129 e. The van der Waals surface area contributed by atoms with Crippen LogP contribution in [0, 0.1) is 33.3 Å². The van der Waals surface area contributed by atoms with E-state index in [0.29, 0.717) is 25.8 Å². The quantitative estimate of drug-likeness (QED) is 0.0699. The Balaban J connectivity index is 0. The van der Waals surface area contributed by atoms with Crippen molar-refractivity contribution in [3.63, 3.8) is 0 Å². The lowest BCUT2D eigenvalue weighted by molar-refractivity contribution is 0.667. The highest BCUT2D eigenvalue weighted by Gasteiger charge is 2.19. The predicted molar refractivity (Wildman–Crippen MR) is 329 cm³/mol. The number of aromatic nitrogens is 14. The van der Waals surface area contributed by atoms with Gasteiger partial charge < -0.3 is 0 Å². The lowest BCUT2D eigenvalue weighted by Gasteiger charge is -2.15. The number of terminal acetylenes is 1. The molecule has 0 fully saturated rings. The first-order valence-electron chi connectivity index (χ1n) is 18.3. The average molecular weight is 1510 g/mol. The Bertz CT molecular complexity index is 2770. The molecule has 0 bridgehead atoms. The molecule has 8 aromatic heterocycles. The van der Waals surface area contributed by atoms with Crippen LogP contribution >= 0.6 is 148 Å². The minimum absolute atomic E-state index is 0. The van der Waals surface area contributed by atoms with E-state index in [1.54, 1.807) is 76.7 Å². The Labute approximate surface area is 493 Å². The molecule has 0 aliphatic heterocycles. The smallest absolute Gasteiger partial charge is 0.129 e. The molecule has 0 atom stereocenters. The zero-order valence-corrected chi connectivity index (χ0v) is 48.0. The molecule has 70 heavy (non-hydrogen) atoms. The predicted octanol–water partition coefficient (Wildman–Crippen LogP) is 15.1. The zero-order valence-electron chi connectivity index (χ0n) is 34.6. The van der Waals surface area contributed by atoms with Crippen molar-refractivity contribution < 1.29 is 0 Å². The standard InChI is InChI=1S/C11H14ClIN4Si.2C8H6ClIN4.C7H3ClIN.C7H4ClN.5CH4/c1-18(2,3)7-17-11(13)10(15-16-17)8-4-5-9(12)14-6-8;2*1-14-8(10)7(12-13-14)5-2-3-6(9)11-4-5;8-7-2-1-6(3-4-9)5-10-7;1-2-6-3-4-7(8)9-5-6;;;;;/h4-6H,7H2,1-3H3;2*2-4H,1H3;1-2,5H;1,3-5H;5*1H4. The van der Waals surface area contributed by atoms with Crippen molar-refractivity contribution in [1.82, 2.24) is 69.9 Å². The number of halogens is 9. The molecule has 14 nitrogen and oxygen atoms in total. The monoisotopic (exact) mass is 1510 g/mol. The third-order valence-electron chi connectivity index (χ3n) is 7.63. The lowest BCUT2D eigenvalue weighted by Crippen LogP contribution is -2.29. The average Bonchev–Trinajstić information content (AvgIpc) is 3.94. The van der Waals surface area contributed by atoms with E-state index >= 15 is 0 Å². The maximum absolute atomic E-state index is 5.78. The second-order valence-corrected chi connectivity index (χ2v) is 24.8. The summed E-state index contributed by atoms with van der Waals surface area (Å²) in [6.07, 6.45) is 14.4. The van der Waals surface area contributed by atoms with Crippen molar-refractivity contribution in [2.24, 2.45) is 14.1 Å². The van der Waals surface area contributed by atoms with Crippen molar-refractivity contribution in [3.05, 3.63) is 140 Å². The van der Waals surface area contributed by atoms with Crippen LogP contribution in [0.4, 0.5) is 0 Å². The minimum Gasteiger partial charge on any atom is -0.244 e. The van der Waals surface area contributed by atoms with Crippen molar-refractivity contribution in [2.75, 3.05) is 0 Å². The van der Waals surface area contributed by atoms with Crippen LogP contribution in [-0.2, 0) is 20.3 Å². The summed E-state index contributed by atoms with van der Waals surface area (Å²) >= 11 is 36.8. The molecule has 0 saturated carbocycles. The molecule has 8 heterocycles. The van der Waals surface area contributed by atoms with Gasteiger partial charge in [-0.2, -0.15) is 0 Å². The molecule has 0 aliphatic rings. The van der Waals surface area contributed by atoms with E-state index in [2.05, 4.69) is 159 Å². The number of hydrogen-bond donors (Lipinski definition) is 0. The first kappa shape index (κ1) is 69.0. The van der Waals surface area contributed by atoms with E-state index in [1.807, 2.05) is 65.6 Å². The van der Waals surface area contributed by atoms with Crippen LogP contribution in [0.25, 0.3) is 33.8 Å². The molecule has 0 unspecified atom stereocenters. The minimum atomic E-state index is -1.21. The van der Waals surface area contributed by atoms with Gasteiger partial charge in [-0.25, -0.2) is 39.0 Å². The van der Waals surface area contributed by atoms with Gasteiger partial charge in [0.15, 0.2) is 0 Å². The zero-order chi connectivity index (χ0) is 47.7. The second kappa shape index (κ2) is 34.3. The highest BCUT2D eigenvalue weighted by atomic mass is 127. The molecular weight excluding hydrogens is 1460 g/mol. The van der Waals surface area contributed by atoms with Gasteiger partial charge in [0.2, 0.25) is 0 Å². The van der Waals surface area contributed by atoms with E-state index in [9.17, 15) is 0 Å². The third-order valence-corrected chi connectivity index (χ3v) is 13.8.